The summed E-state index contributed by atoms with van der Waals surface area (Å²) in [4.78, 5) is 20.4. The van der Waals surface area contributed by atoms with Crippen LogP contribution in [0.15, 0.2) is 55.2 Å². The number of hydrogen-bond acceptors (Lipinski definition) is 9. The summed E-state index contributed by atoms with van der Waals surface area (Å²) in [5, 5.41) is 7.78. The summed E-state index contributed by atoms with van der Waals surface area (Å²) in [7, 11) is 4.06. The number of piperidine rings is 1. The van der Waals surface area contributed by atoms with Crippen molar-refractivity contribution >= 4 is 39.3 Å². The van der Waals surface area contributed by atoms with E-state index < -0.39 is 0 Å². The number of likely N-dealkylation sites (N-methyl/N-ethyl adjacent to an activating group) is 1. The smallest absolute Gasteiger partial charge is 0.175 e. The molecule has 0 bridgehead atoms. The van der Waals surface area contributed by atoms with Crippen molar-refractivity contribution in [3.63, 3.8) is 0 Å². The third kappa shape index (κ3) is 3.76. The summed E-state index contributed by atoms with van der Waals surface area (Å²) in [5.74, 6) is 3.76. The lowest BCUT2D eigenvalue weighted by Crippen LogP contribution is -2.57. The molecule has 0 amide bonds. The van der Waals surface area contributed by atoms with E-state index in [1.54, 1.807) is 18.9 Å². The Kier molecular flexibility index (Phi) is 5.29. The molecule has 0 unspecified atom stereocenters. The van der Waals surface area contributed by atoms with Crippen LogP contribution in [0.25, 0.3) is 21.9 Å². The molecular formula is C28H28N8O2. The van der Waals surface area contributed by atoms with E-state index in [2.05, 4.69) is 42.5 Å². The number of anilines is 3. The maximum absolute atomic E-state index is 6.55. The van der Waals surface area contributed by atoms with E-state index in [0.29, 0.717) is 5.82 Å². The van der Waals surface area contributed by atoms with Gasteiger partial charge in [-0.2, -0.15) is 0 Å². The van der Waals surface area contributed by atoms with Gasteiger partial charge in [0, 0.05) is 32.4 Å². The van der Waals surface area contributed by atoms with Gasteiger partial charge in [0.1, 0.15) is 29.7 Å². The zero-order valence-electron chi connectivity index (χ0n) is 21.5. The van der Waals surface area contributed by atoms with Crippen LogP contribution in [0.3, 0.4) is 0 Å². The molecule has 1 fully saturated rings. The molecule has 5 heterocycles. The van der Waals surface area contributed by atoms with Crippen LogP contribution >= 0.6 is 0 Å². The fraction of sp³-hybridized carbons (Fsp3) is 0.286. The largest absolute Gasteiger partial charge is 0.483 e. The van der Waals surface area contributed by atoms with Crippen LogP contribution in [-0.2, 0) is 7.05 Å². The summed E-state index contributed by atoms with van der Waals surface area (Å²) < 4.78 is 14.7. The molecule has 2 aliphatic rings. The van der Waals surface area contributed by atoms with Crippen molar-refractivity contribution in [2.75, 3.05) is 30.4 Å². The Morgan fingerprint density at radius 3 is 2.87 bits per heavy atom. The number of ether oxygens (including phenoxy) is 2. The van der Waals surface area contributed by atoms with E-state index in [1.807, 2.05) is 54.9 Å². The summed E-state index contributed by atoms with van der Waals surface area (Å²) in [6.45, 7) is 3.84. The number of hydrogen-bond donors (Lipinski definition) is 2. The number of benzene rings is 2. The van der Waals surface area contributed by atoms with Crippen LogP contribution in [-0.4, -0.2) is 56.8 Å². The van der Waals surface area contributed by atoms with Crippen LogP contribution in [0.2, 0.25) is 0 Å². The Hall–Kier alpha value is -4.44. The molecule has 5 aromatic rings. The minimum absolute atomic E-state index is 0.0955. The molecular weight excluding hydrogens is 480 g/mol. The second-order valence-corrected chi connectivity index (χ2v) is 9.93. The van der Waals surface area contributed by atoms with Gasteiger partial charge in [-0.05, 0) is 55.8 Å². The van der Waals surface area contributed by atoms with E-state index in [4.69, 9.17) is 9.47 Å². The van der Waals surface area contributed by atoms with Gasteiger partial charge in [0.05, 0.1) is 40.5 Å². The van der Waals surface area contributed by atoms with E-state index >= 15 is 0 Å². The molecule has 38 heavy (non-hydrogen) atoms. The first-order valence-corrected chi connectivity index (χ1v) is 12.8. The molecule has 2 aromatic carbocycles. The van der Waals surface area contributed by atoms with Gasteiger partial charge in [-0.25, -0.2) is 19.9 Å². The number of pyridine rings is 1. The topological polar surface area (TPSA) is 102 Å². The van der Waals surface area contributed by atoms with Crippen LogP contribution in [0.1, 0.15) is 12.0 Å². The SMILES string of the molecule is Cc1cc(Nc2ncnc3cnc4c(c23)O[C@@H]2CCNC[C@H]2N4C)ccc1Oc1ccc2c(c1)ncn2C. The second-order valence-electron chi connectivity index (χ2n) is 9.93. The molecule has 2 aliphatic heterocycles. The molecule has 10 heteroatoms. The van der Waals surface area contributed by atoms with Crippen molar-refractivity contribution in [1.29, 1.82) is 0 Å². The highest BCUT2D eigenvalue weighted by Gasteiger charge is 2.38. The van der Waals surface area contributed by atoms with Gasteiger partial charge in [0.15, 0.2) is 11.6 Å². The number of aromatic nitrogens is 5. The minimum Gasteiger partial charge on any atom is -0.483 e. The molecule has 10 nitrogen and oxygen atoms in total. The summed E-state index contributed by atoms with van der Waals surface area (Å²) in [5.41, 5.74) is 4.59. The second kappa shape index (κ2) is 8.84. The fourth-order valence-electron chi connectivity index (χ4n) is 5.41. The Morgan fingerprint density at radius 1 is 1.05 bits per heavy atom. The number of imidazole rings is 1. The summed E-state index contributed by atoms with van der Waals surface area (Å²) >= 11 is 0. The van der Waals surface area contributed by atoms with Crippen molar-refractivity contribution in [2.45, 2.75) is 25.5 Å². The zero-order chi connectivity index (χ0) is 25.8. The van der Waals surface area contributed by atoms with Crippen molar-refractivity contribution in [1.82, 2.24) is 29.8 Å². The Balaban J connectivity index is 1.20. The van der Waals surface area contributed by atoms with E-state index in [0.717, 1.165) is 75.8 Å². The fourth-order valence-corrected chi connectivity index (χ4v) is 5.41. The predicted molar refractivity (Wildman–Crippen MR) is 147 cm³/mol. The van der Waals surface area contributed by atoms with Gasteiger partial charge < -0.3 is 29.6 Å². The average Bonchev–Trinajstić information content (AvgIpc) is 3.30. The van der Waals surface area contributed by atoms with Crippen LogP contribution in [0, 0.1) is 6.92 Å². The third-order valence-electron chi connectivity index (χ3n) is 7.47. The maximum atomic E-state index is 6.55. The highest BCUT2D eigenvalue weighted by atomic mass is 16.5. The van der Waals surface area contributed by atoms with E-state index in [1.165, 1.54) is 0 Å². The molecule has 7 rings (SSSR count). The number of nitrogens with one attached hydrogen (secondary N) is 2. The number of nitrogens with zero attached hydrogens (tertiary/aromatic N) is 6. The van der Waals surface area contributed by atoms with E-state index in [-0.39, 0.29) is 12.1 Å². The van der Waals surface area contributed by atoms with Gasteiger partial charge in [-0.3, -0.25) is 0 Å². The lowest BCUT2D eigenvalue weighted by atomic mass is 10.00. The van der Waals surface area contributed by atoms with Crippen LogP contribution < -0.4 is 25.0 Å². The number of rotatable bonds is 4. The van der Waals surface area contributed by atoms with Crippen molar-refractivity contribution in [2.24, 2.45) is 7.05 Å². The number of fused-ring (bicyclic) bond motifs is 5. The van der Waals surface area contributed by atoms with Crippen molar-refractivity contribution in [3.8, 4) is 17.2 Å². The lowest BCUT2D eigenvalue weighted by Gasteiger charge is -2.43. The van der Waals surface area contributed by atoms with Gasteiger partial charge >= 0.3 is 0 Å². The summed E-state index contributed by atoms with van der Waals surface area (Å²) in [6, 6.07) is 12.2. The van der Waals surface area contributed by atoms with E-state index in [9.17, 15) is 0 Å². The molecule has 0 radical (unpaired) electrons. The number of aryl methyl sites for hydroxylation is 2. The van der Waals surface area contributed by atoms with Gasteiger partial charge in [0.25, 0.3) is 0 Å². The molecule has 192 valence electrons. The molecule has 2 N–H and O–H groups in total. The van der Waals surface area contributed by atoms with Gasteiger partial charge in [-0.15, -0.1) is 0 Å². The monoisotopic (exact) mass is 508 g/mol. The normalized spacial score (nSPS) is 18.7. The maximum Gasteiger partial charge on any atom is 0.175 e. The minimum atomic E-state index is 0.0955. The highest BCUT2D eigenvalue weighted by Crippen LogP contribution is 2.43. The molecule has 0 aliphatic carbocycles. The van der Waals surface area contributed by atoms with Crippen molar-refractivity contribution in [3.05, 3.63) is 60.8 Å². The first-order chi connectivity index (χ1) is 18.5. The van der Waals surface area contributed by atoms with Crippen LogP contribution in [0.5, 0.6) is 17.2 Å². The average molecular weight is 509 g/mol. The first kappa shape index (κ1) is 22.7. The standard InChI is InChI=1S/C28H28N8O2/c1-16-10-17(4-7-23(16)37-18-5-6-21-19(11-18)33-15-35(21)2)34-27-25-20(31-14-32-27)12-30-28-26(25)38-24-8-9-29-13-22(24)36(28)3/h4-7,10-12,14-15,22,24,29H,8-9,13H2,1-3H3,(H,31,32,34)/t22-,24-/m1/s1. The molecule has 2 atom stereocenters. The Morgan fingerprint density at radius 2 is 1.97 bits per heavy atom. The van der Waals surface area contributed by atoms with Gasteiger partial charge in [0.2, 0.25) is 0 Å². The zero-order valence-corrected chi connectivity index (χ0v) is 21.5. The van der Waals surface area contributed by atoms with Gasteiger partial charge in [-0.1, -0.05) is 0 Å². The lowest BCUT2D eigenvalue weighted by molar-refractivity contribution is 0.126. The van der Waals surface area contributed by atoms with Crippen molar-refractivity contribution < 1.29 is 9.47 Å². The molecule has 0 saturated carbocycles. The summed E-state index contributed by atoms with van der Waals surface area (Å²) in [6.07, 6.45) is 6.18. The Labute approximate surface area is 219 Å². The third-order valence-corrected chi connectivity index (χ3v) is 7.47. The Bertz CT molecular complexity index is 1680. The quantitative estimate of drug-likeness (QED) is 0.368. The first-order valence-electron chi connectivity index (χ1n) is 12.8. The molecule has 1 saturated heterocycles. The predicted octanol–water partition coefficient (Wildman–Crippen LogP) is 4.31. The highest BCUT2D eigenvalue weighted by molar-refractivity contribution is 5.98. The molecule has 3 aromatic heterocycles. The molecule has 0 spiro atoms. The van der Waals surface area contributed by atoms with Crippen LogP contribution in [0.4, 0.5) is 17.3 Å².